The van der Waals surface area contributed by atoms with Crippen molar-refractivity contribution in [2.24, 2.45) is 0 Å². The lowest BCUT2D eigenvalue weighted by atomic mass is 9.67. The normalized spacial score (nSPS) is 18.8. The molecule has 2 aliphatic carbocycles. The van der Waals surface area contributed by atoms with Gasteiger partial charge in [-0.05, 0) is 58.4 Å². The van der Waals surface area contributed by atoms with Crippen LogP contribution >= 0.6 is 22.7 Å². The number of benzene rings is 6. The van der Waals surface area contributed by atoms with Crippen LogP contribution in [0.15, 0.2) is 158 Å². The van der Waals surface area contributed by atoms with Gasteiger partial charge in [0.2, 0.25) is 0 Å². The molecule has 0 N–H and O–H groups in total. The fourth-order valence-corrected chi connectivity index (χ4v) is 12.0. The quantitative estimate of drug-likeness (QED) is 0.178. The zero-order chi connectivity index (χ0) is 32.0. The van der Waals surface area contributed by atoms with Crippen molar-refractivity contribution in [3.05, 3.63) is 213 Å². The zero-order valence-corrected chi connectivity index (χ0v) is 28.5. The lowest BCUT2D eigenvalue weighted by Gasteiger charge is -2.34. The van der Waals surface area contributed by atoms with Gasteiger partial charge in [0, 0.05) is 20.9 Å². The maximum atomic E-state index is 2.37. The van der Waals surface area contributed by atoms with E-state index in [0.717, 1.165) is 0 Å². The van der Waals surface area contributed by atoms with Gasteiger partial charge >= 0.3 is 0 Å². The van der Waals surface area contributed by atoms with Crippen LogP contribution in [0.5, 0.6) is 0 Å². The van der Waals surface area contributed by atoms with Gasteiger partial charge in [0.1, 0.15) is 0 Å². The summed E-state index contributed by atoms with van der Waals surface area (Å²) in [5, 5.41) is 0. The van der Waals surface area contributed by atoms with Gasteiger partial charge in [0.25, 0.3) is 0 Å². The van der Waals surface area contributed by atoms with Crippen molar-refractivity contribution in [1.29, 1.82) is 0 Å². The minimum absolute atomic E-state index is 0.420. The smallest absolute Gasteiger partial charge is 0.0736 e. The molecule has 0 fully saturated rings. The Morgan fingerprint density at radius 2 is 0.688 bits per heavy atom. The van der Waals surface area contributed by atoms with E-state index in [1.54, 1.807) is 0 Å². The van der Waals surface area contributed by atoms with Gasteiger partial charge in [-0.3, -0.25) is 0 Å². The van der Waals surface area contributed by atoms with Crippen LogP contribution in [-0.2, 0) is 10.8 Å². The standard InChI is InChI=1S/C46H32S2/c1-29-21-25-33(26-22-29)45(31-13-5-3-6-14-31)37-19-11-9-17-35(37)41-39(45)43-44(47-41)40-42(48-43)36-18-10-12-20-38(36)46(40,32-15-7-4-8-16-32)34-27-23-30(2)24-28-34/h3-28H,1-2H3. The molecule has 2 heteroatoms. The minimum Gasteiger partial charge on any atom is -0.134 e. The SMILES string of the molecule is Cc1ccc(C2(c3ccccc3)c3ccccc3-c3sc4c5c(sc4c32)-c2ccccc2C5(c2ccccc2)c2ccc(C)cc2)cc1. The molecule has 6 aromatic carbocycles. The van der Waals surface area contributed by atoms with Crippen LogP contribution in [0.25, 0.3) is 30.3 Å². The van der Waals surface area contributed by atoms with Crippen LogP contribution < -0.4 is 0 Å². The molecule has 0 spiro atoms. The third-order valence-corrected chi connectivity index (χ3v) is 13.4. The molecule has 228 valence electrons. The molecule has 2 aliphatic rings. The summed E-state index contributed by atoms with van der Waals surface area (Å²) in [4.78, 5) is 2.81. The summed E-state index contributed by atoms with van der Waals surface area (Å²) in [5.41, 5.74) is 15.4. The van der Waals surface area contributed by atoms with E-state index in [4.69, 9.17) is 0 Å². The van der Waals surface area contributed by atoms with Crippen molar-refractivity contribution in [3.63, 3.8) is 0 Å². The van der Waals surface area contributed by atoms with Gasteiger partial charge in [0.15, 0.2) is 0 Å². The Morgan fingerprint density at radius 1 is 0.354 bits per heavy atom. The molecule has 0 nitrogen and oxygen atoms in total. The molecule has 0 saturated carbocycles. The zero-order valence-electron chi connectivity index (χ0n) is 26.8. The van der Waals surface area contributed by atoms with Crippen LogP contribution in [0.1, 0.15) is 55.6 Å². The third-order valence-electron chi connectivity index (χ3n) is 10.8. The Labute approximate surface area is 289 Å². The highest BCUT2D eigenvalue weighted by Gasteiger charge is 2.53. The minimum atomic E-state index is -0.420. The third kappa shape index (κ3) is 3.49. The van der Waals surface area contributed by atoms with Crippen LogP contribution in [0.4, 0.5) is 0 Å². The van der Waals surface area contributed by atoms with Crippen molar-refractivity contribution >= 4 is 32.1 Å². The molecule has 2 aromatic heterocycles. The molecule has 2 unspecified atom stereocenters. The van der Waals surface area contributed by atoms with Gasteiger partial charge < -0.3 is 0 Å². The van der Waals surface area contributed by atoms with Gasteiger partial charge in [-0.1, -0.05) is 169 Å². The lowest BCUT2D eigenvalue weighted by molar-refractivity contribution is 0.774. The van der Waals surface area contributed by atoms with Gasteiger partial charge in [-0.25, -0.2) is 0 Å². The van der Waals surface area contributed by atoms with Crippen molar-refractivity contribution in [2.75, 3.05) is 0 Å². The summed E-state index contributed by atoms with van der Waals surface area (Å²) >= 11 is 4.02. The highest BCUT2D eigenvalue weighted by Crippen LogP contribution is 2.68. The van der Waals surface area contributed by atoms with Crippen molar-refractivity contribution in [2.45, 2.75) is 24.7 Å². The fraction of sp³-hybridized carbons (Fsp3) is 0.0870. The average Bonchev–Trinajstić information content (AvgIpc) is 3.84. The molecule has 48 heavy (non-hydrogen) atoms. The van der Waals surface area contributed by atoms with Crippen molar-refractivity contribution in [1.82, 2.24) is 0 Å². The van der Waals surface area contributed by atoms with E-state index >= 15 is 0 Å². The molecule has 0 saturated heterocycles. The van der Waals surface area contributed by atoms with Gasteiger partial charge in [-0.15, -0.1) is 22.7 Å². The van der Waals surface area contributed by atoms with E-state index in [0.29, 0.717) is 0 Å². The number of rotatable bonds is 4. The molecule has 0 radical (unpaired) electrons. The molecule has 0 aliphatic heterocycles. The summed E-state index contributed by atoms with van der Waals surface area (Å²) < 4.78 is 2.84. The second-order valence-corrected chi connectivity index (χ2v) is 15.4. The molecule has 0 bridgehead atoms. The van der Waals surface area contributed by atoms with E-state index in [-0.39, 0.29) is 0 Å². The second kappa shape index (κ2) is 10.2. The fourth-order valence-electron chi connectivity index (χ4n) is 8.80. The Morgan fingerprint density at radius 3 is 1.08 bits per heavy atom. The summed E-state index contributed by atoms with van der Waals surface area (Å²) in [7, 11) is 0. The Balaban J connectivity index is 1.39. The lowest BCUT2D eigenvalue weighted by Crippen LogP contribution is -2.29. The summed E-state index contributed by atoms with van der Waals surface area (Å²) in [6, 6.07) is 59.4. The van der Waals surface area contributed by atoms with Crippen LogP contribution in [0.3, 0.4) is 0 Å². The molecule has 0 amide bonds. The summed E-state index contributed by atoms with van der Waals surface area (Å²) in [5.74, 6) is 0. The Kier molecular flexibility index (Phi) is 5.98. The van der Waals surface area contributed by atoms with Gasteiger partial charge in [0.05, 0.1) is 20.2 Å². The predicted molar refractivity (Wildman–Crippen MR) is 204 cm³/mol. The first-order chi connectivity index (χ1) is 23.6. The molecular formula is C46H32S2. The number of hydrogen-bond acceptors (Lipinski definition) is 2. The monoisotopic (exact) mass is 648 g/mol. The van der Waals surface area contributed by atoms with Crippen LogP contribution in [0, 0.1) is 13.8 Å². The Hall–Kier alpha value is -5.02. The molecule has 8 aromatic rings. The highest BCUT2D eigenvalue weighted by atomic mass is 32.1. The first-order valence-corrected chi connectivity index (χ1v) is 18.3. The number of aryl methyl sites for hydroxylation is 2. The van der Waals surface area contributed by atoms with Crippen LogP contribution in [0.2, 0.25) is 0 Å². The molecule has 2 atom stereocenters. The second-order valence-electron chi connectivity index (χ2n) is 13.3. The maximum Gasteiger partial charge on any atom is 0.0736 e. The number of thiophene rings is 2. The van der Waals surface area contributed by atoms with E-state index in [1.807, 2.05) is 22.7 Å². The first kappa shape index (κ1) is 28.0. The van der Waals surface area contributed by atoms with Crippen LogP contribution in [-0.4, -0.2) is 0 Å². The van der Waals surface area contributed by atoms with E-state index in [9.17, 15) is 0 Å². The first-order valence-electron chi connectivity index (χ1n) is 16.7. The van der Waals surface area contributed by atoms with Crippen molar-refractivity contribution in [3.8, 4) is 20.9 Å². The largest absolute Gasteiger partial charge is 0.134 e. The van der Waals surface area contributed by atoms with E-state index in [2.05, 4.69) is 172 Å². The topological polar surface area (TPSA) is 0 Å². The maximum absolute atomic E-state index is 2.37. The Bertz CT molecular complexity index is 2320. The van der Waals surface area contributed by atoms with Gasteiger partial charge in [-0.2, -0.15) is 0 Å². The number of hydrogen-bond donors (Lipinski definition) is 0. The molecular weight excluding hydrogens is 617 g/mol. The molecule has 2 heterocycles. The van der Waals surface area contributed by atoms with E-state index < -0.39 is 10.8 Å². The molecule has 10 rings (SSSR count). The van der Waals surface area contributed by atoms with Crippen molar-refractivity contribution < 1.29 is 0 Å². The number of fused-ring (bicyclic) bond motifs is 9. The summed E-state index contributed by atoms with van der Waals surface area (Å²) in [6.07, 6.45) is 0. The average molecular weight is 649 g/mol. The predicted octanol–water partition coefficient (Wildman–Crippen LogP) is 12.3. The highest BCUT2D eigenvalue weighted by molar-refractivity contribution is 7.32. The summed E-state index contributed by atoms with van der Waals surface area (Å²) in [6.45, 7) is 4.37. The van der Waals surface area contributed by atoms with E-state index in [1.165, 1.54) is 85.9 Å².